The van der Waals surface area contributed by atoms with Crippen molar-refractivity contribution in [2.45, 2.75) is 328 Å². The second kappa shape index (κ2) is 65.6. The Morgan fingerprint density at radius 3 is 1.13 bits per heavy atom. The number of esters is 1. The first-order chi connectivity index (χ1) is 42.4. The third kappa shape index (κ3) is 66.9. The highest BCUT2D eigenvalue weighted by atomic mass is 31.2. The number of likely N-dealkylation sites (N-methyl/N-ethyl adjacent to an activating group) is 1. The molecule has 0 aliphatic rings. The van der Waals surface area contributed by atoms with Crippen LogP contribution in [0, 0.1) is 0 Å². The first-order valence-electron chi connectivity index (χ1n) is 36.2. The Morgan fingerprint density at radius 2 is 0.736 bits per heavy atom. The van der Waals surface area contributed by atoms with Crippen molar-refractivity contribution < 1.29 is 37.3 Å². The number of nitrogens with one attached hydrogen (secondary N) is 1. The normalized spacial score (nSPS) is 14.1. The van der Waals surface area contributed by atoms with Gasteiger partial charge in [0.25, 0.3) is 7.82 Å². The van der Waals surface area contributed by atoms with Crippen molar-refractivity contribution in [3.05, 3.63) is 109 Å². The fourth-order valence-corrected chi connectivity index (χ4v) is 10.9. The molecular weight excluding hydrogens is 1100 g/mol. The maximum Gasteiger partial charge on any atom is 0.306 e. The molecule has 10 heteroatoms. The summed E-state index contributed by atoms with van der Waals surface area (Å²) in [6.45, 7) is 6.71. The fourth-order valence-electron chi connectivity index (χ4n) is 10.1. The van der Waals surface area contributed by atoms with Gasteiger partial charge in [-0.25, -0.2) is 0 Å². The van der Waals surface area contributed by atoms with Gasteiger partial charge in [-0.05, 0) is 115 Å². The molecule has 0 bridgehead atoms. The van der Waals surface area contributed by atoms with Crippen molar-refractivity contribution in [2.75, 3.05) is 40.9 Å². The van der Waals surface area contributed by atoms with E-state index in [1.54, 1.807) is 0 Å². The minimum absolute atomic E-state index is 0.0319. The number of carbonyl (C=O) groups is 2. The van der Waals surface area contributed by atoms with Gasteiger partial charge in [0.05, 0.1) is 33.8 Å². The third-order valence-electron chi connectivity index (χ3n) is 15.7. The third-order valence-corrected chi connectivity index (χ3v) is 16.7. The number of unbranched alkanes of at least 4 members (excludes halogenated alkanes) is 33. The molecule has 87 heavy (non-hydrogen) atoms. The highest BCUT2D eigenvalue weighted by Gasteiger charge is 2.27. The molecule has 0 aromatic heterocycles. The molecule has 0 rings (SSSR count). The average Bonchev–Trinajstić information content (AvgIpc) is 3.69. The lowest BCUT2D eigenvalue weighted by atomic mass is 10.0. The van der Waals surface area contributed by atoms with Gasteiger partial charge in [-0.2, -0.15) is 0 Å². The first kappa shape index (κ1) is 83.7. The maximum absolute atomic E-state index is 13.6. The summed E-state index contributed by atoms with van der Waals surface area (Å²) in [5.41, 5.74) is 0. The molecule has 0 saturated heterocycles. The van der Waals surface area contributed by atoms with Crippen molar-refractivity contribution in [3.63, 3.8) is 0 Å². The molecule has 1 N–H and O–H groups in total. The van der Waals surface area contributed by atoms with Gasteiger partial charge in [-0.3, -0.25) is 14.2 Å². The standard InChI is InChI=1S/C77H137N2O7P/c1-7-10-13-16-19-22-25-28-30-32-34-36-38-39-41-43-45-47-49-52-55-58-61-64-67-70-77(81)86-75(68-65-62-59-56-53-50-27-24-21-18-15-12-9-3)74(73-85-87(82,83)84-72-71-79(4,5)6)78-76(80)69-66-63-60-57-54-51-48-46-44-42-40-37-35-33-31-29-26-23-20-17-14-11-8-2/h11,14,19-20,22-23,28-31,35,37,42,44,48,51,65,68,74-75H,7-10,12-13,15-18,21,24-27,32-34,36,38-41,43,45-47,49-50,52-64,66-67,69-73H2,1-6H3,(H-,78,80,82,83)/b14-11-,22-19-,23-20-,30-28-,31-29-,37-35-,44-42-,51-48-,68-65+. The summed E-state index contributed by atoms with van der Waals surface area (Å²) in [7, 11) is 1.16. The molecule has 0 aliphatic heterocycles. The average molecular weight is 1230 g/mol. The predicted molar refractivity (Wildman–Crippen MR) is 376 cm³/mol. The van der Waals surface area contributed by atoms with Crippen LogP contribution in [0.2, 0.25) is 0 Å². The van der Waals surface area contributed by atoms with E-state index >= 15 is 0 Å². The lowest BCUT2D eigenvalue weighted by Crippen LogP contribution is -2.47. The molecule has 0 radical (unpaired) electrons. The van der Waals surface area contributed by atoms with Gasteiger partial charge >= 0.3 is 5.97 Å². The van der Waals surface area contributed by atoms with Crippen molar-refractivity contribution in [1.82, 2.24) is 5.32 Å². The lowest BCUT2D eigenvalue weighted by molar-refractivity contribution is -0.870. The molecule has 0 aliphatic carbocycles. The van der Waals surface area contributed by atoms with Crippen LogP contribution in [0.15, 0.2) is 109 Å². The van der Waals surface area contributed by atoms with Crippen LogP contribution in [0.3, 0.4) is 0 Å². The molecule has 0 aromatic rings. The molecule has 9 nitrogen and oxygen atoms in total. The van der Waals surface area contributed by atoms with Gasteiger partial charge in [0.15, 0.2) is 0 Å². The summed E-state index contributed by atoms with van der Waals surface area (Å²) in [5.74, 6) is -0.567. The van der Waals surface area contributed by atoms with Gasteiger partial charge in [0.2, 0.25) is 5.91 Å². The van der Waals surface area contributed by atoms with Crippen LogP contribution in [0.25, 0.3) is 0 Å². The van der Waals surface area contributed by atoms with Crippen molar-refractivity contribution in [1.29, 1.82) is 0 Å². The van der Waals surface area contributed by atoms with Crippen LogP contribution in [0.5, 0.6) is 0 Å². The highest BCUT2D eigenvalue weighted by molar-refractivity contribution is 7.45. The minimum Gasteiger partial charge on any atom is -0.756 e. The lowest BCUT2D eigenvalue weighted by Gasteiger charge is -2.30. The summed E-state index contributed by atoms with van der Waals surface area (Å²) in [5, 5.41) is 3.03. The van der Waals surface area contributed by atoms with Gasteiger partial charge < -0.3 is 28.5 Å². The van der Waals surface area contributed by atoms with E-state index in [9.17, 15) is 19.0 Å². The predicted octanol–water partition coefficient (Wildman–Crippen LogP) is 22.6. The van der Waals surface area contributed by atoms with E-state index in [1.807, 2.05) is 33.3 Å². The zero-order valence-corrected chi connectivity index (χ0v) is 58.3. The van der Waals surface area contributed by atoms with E-state index in [0.29, 0.717) is 17.4 Å². The number of nitrogens with zero attached hydrogens (tertiary/aromatic N) is 1. The molecular formula is C77H137N2O7P. The largest absolute Gasteiger partial charge is 0.756 e. The number of allylic oxidation sites excluding steroid dienone is 17. The fraction of sp³-hybridized carbons (Fsp3) is 0.740. The van der Waals surface area contributed by atoms with Crippen LogP contribution >= 0.6 is 7.82 Å². The molecule has 3 unspecified atom stereocenters. The Hall–Kier alpha value is -3.33. The quantitative estimate of drug-likeness (QED) is 0.0212. The minimum atomic E-state index is -4.72. The van der Waals surface area contributed by atoms with E-state index in [0.717, 1.165) is 109 Å². The zero-order valence-electron chi connectivity index (χ0n) is 57.4. The molecule has 1 amide bonds. The summed E-state index contributed by atoms with van der Waals surface area (Å²) < 4.78 is 30.5. The highest BCUT2D eigenvalue weighted by Crippen LogP contribution is 2.38. The SMILES string of the molecule is CC/C=C\C/C=C\C/C=C\C/C=C\C/C=C\C/C=C\CCCCCCC(=O)NC(COP(=O)([O-])OCC[N+](C)(C)C)C(/C=C/CCCCCCCCCCCCC)OC(=O)CCCCCCCCCCCCCCCCC/C=C\C/C=C\CCCCC. The molecule has 0 fully saturated rings. The van der Waals surface area contributed by atoms with Crippen molar-refractivity contribution in [2.24, 2.45) is 0 Å². The second-order valence-corrected chi connectivity index (χ2v) is 26.8. The molecule has 502 valence electrons. The molecule has 0 aromatic carbocycles. The number of hydrogen-bond donors (Lipinski definition) is 1. The number of hydrogen-bond acceptors (Lipinski definition) is 7. The van der Waals surface area contributed by atoms with Crippen LogP contribution < -0.4 is 10.2 Å². The van der Waals surface area contributed by atoms with Crippen LogP contribution in [0.1, 0.15) is 316 Å². The van der Waals surface area contributed by atoms with Crippen molar-refractivity contribution >= 4 is 19.7 Å². The monoisotopic (exact) mass is 1230 g/mol. The molecule has 0 saturated carbocycles. The number of phosphoric ester groups is 1. The van der Waals surface area contributed by atoms with E-state index in [4.69, 9.17) is 13.8 Å². The molecule has 0 spiro atoms. The Bertz CT molecular complexity index is 1860. The van der Waals surface area contributed by atoms with Gasteiger partial charge in [0, 0.05) is 12.8 Å². The number of phosphoric acid groups is 1. The van der Waals surface area contributed by atoms with Crippen LogP contribution in [-0.2, 0) is 27.9 Å². The molecule has 0 heterocycles. The second-order valence-electron chi connectivity index (χ2n) is 25.4. The number of carbonyl (C=O) groups excluding carboxylic acids is 2. The van der Waals surface area contributed by atoms with E-state index in [2.05, 4.69) is 123 Å². The summed E-state index contributed by atoms with van der Waals surface area (Å²) in [6, 6.07) is -0.910. The van der Waals surface area contributed by atoms with E-state index in [1.165, 1.54) is 167 Å². The van der Waals surface area contributed by atoms with E-state index < -0.39 is 26.6 Å². The molecule has 3 atom stereocenters. The topological polar surface area (TPSA) is 114 Å². The Morgan fingerprint density at radius 1 is 0.414 bits per heavy atom. The Kier molecular flexibility index (Phi) is 63.1. The summed E-state index contributed by atoms with van der Waals surface area (Å²) in [6.07, 6.45) is 90.7. The maximum atomic E-state index is 13.6. The number of ether oxygens (including phenoxy) is 1. The smallest absolute Gasteiger partial charge is 0.306 e. The Balaban J connectivity index is 5.14. The number of quaternary nitrogens is 1. The summed E-state index contributed by atoms with van der Waals surface area (Å²) >= 11 is 0. The van der Waals surface area contributed by atoms with Gasteiger partial charge in [-0.15, -0.1) is 0 Å². The number of amides is 1. The first-order valence-corrected chi connectivity index (χ1v) is 37.7. The van der Waals surface area contributed by atoms with Gasteiger partial charge in [-0.1, -0.05) is 297 Å². The van der Waals surface area contributed by atoms with Crippen molar-refractivity contribution in [3.8, 4) is 0 Å². The number of rotatable bonds is 65. The zero-order chi connectivity index (χ0) is 63.5. The van der Waals surface area contributed by atoms with Crippen LogP contribution in [-0.4, -0.2) is 69.4 Å². The van der Waals surface area contributed by atoms with Crippen LogP contribution in [0.4, 0.5) is 0 Å². The van der Waals surface area contributed by atoms with Gasteiger partial charge in [0.1, 0.15) is 19.3 Å². The Labute approximate surface area is 538 Å². The summed E-state index contributed by atoms with van der Waals surface area (Å²) in [4.78, 5) is 40.2. The van der Waals surface area contributed by atoms with E-state index in [-0.39, 0.29) is 31.3 Å².